The van der Waals surface area contributed by atoms with Crippen LogP contribution in [-0.2, 0) is 14.3 Å². The van der Waals surface area contributed by atoms with Crippen LogP contribution in [0.3, 0.4) is 0 Å². The summed E-state index contributed by atoms with van der Waals surface area (Å²) in [6, 6.07) is 0. The first kappa shape index (κ1) is 16.6. The maximum Gasteiger partial charge on any atom is 0.273 e. The highest BCUT2D eigenvalue weighted by molar-refractivity contribution is 7.86. The highest BCUT2D eigenvalue weighted by Crippen LogP contribution is 2.01. The van der Waals surface area contributed by atoms with E-state index in [1.165, 1.54) is 0 Å². The molecule has 6 heteroatoms. The molecule has 0 saturated carbocycles. The summed E-state index contributed by atoms with van der Waals surface area (Å²) in [7, 11) is 2.52. The van der Waals surface area contributed by atoms with E-state index in [1.807, 2.05) is 21.1 Å². The predicted octanol–water partition coefficient (Wildman–Crippen LogP) is -2.55. The van der Waals surface area contributed by atoms with Crippen LogP contribution in [-0.4, -0.2) is 52.4 Å². The van der Waals surface area contributed by atoms with E-state index >= 15 is 0 Å². The highest BCUT2D eigenvalue weighted by atomic mass is 35.5. The van der Waals surface area contributed by atoms with Crippen LogP contribution >= 0.6 is 0 Å². The first-order chi connectivity index (χ1) is 5.62. The molecule has 0 bridgehead atoms. The van der Waals surface area contributed by atoms with Crippen molar-refractivity contribution in [2.45, 2.75) is 20.0 Å². The maximum absolute atomic E-state index is 11.3. The summed E-state index contributed by atoms with van der Waals surface area (Å²) in [5, 5.41) is 0. The third kappa shape index (κ3) is 10.2. The molecule has 0 N–H and O–H groups in total. The number of rotatable bonds is 5. The second-order valence-corrected chi connectivity index (χ2v) is 6.14. The Kier molecular flexibility index (Phi) is 6.99. The molecule has 0 saturated heterocycles. The van der Waals surface area contributed by atoms with E-state index in [-0.39, 0.29) is 24.3 Å². The van der Waals surface area contributed by atoms with E-state index in [9.17, 15) is 8.42 Å². The molecule has 0 aromatic carbocycles. The van der Waals surface area contributed by atoms with Crippen molar-refractivity contribution >= 4 is 10.1 Å². The molecule has 0 aromatic rings. The van der Waals surface area contributed by atoms with E-state index in [0.29, 0.717) is 11.0 Å². The Morgan fingerprint density at radius 3 is 1.93 bits per heavy atom. The number of quaternary nitrogens is 1. The van der Waals surface area contributed by atoms with Gasteiger partial charge in [0.2, 0.25) is 0 Å². The van der Waals surface area contributed by atoms with Gasteiger partial charge in [0.25, 0.3) is 10.1 Å². The van der Waals surface area contributed by atoms with Gasteiger partial charge in [0, 0.05) is 0 Å². The van der Waals surface area contributed by atoms with E-state index in [1.54, 1.807) is 13.8 Å². The second kappa shape index (κ2) is 5.90. The maximum atomic E-state index is 11.3. The molecule has 4 nitrogen and oxygen atoms in total. The van der Waals surface area contributed by atoms with Crippen molar-refractivity contribution in [2.75, 3.05) is 33.4 Å². The predicted molar refractivity (Wildman–Crippen MR) is 52.9 cm³/mol. The van der Waals surface area contributed by atoms with Gasteiger partial charge in [-0.25, -0.2) is 0 Å². The van der Waals surface area contributed by atoms with Crippen molar-refractivity contribution in [3.05, 3.63) is 0 Å². The van der Waals surface area contributed by atoms with Gasteiger partial charge in [0.15, 0.2) is 0 Å². The minimum atomic E-state index is -3.33. The minimum absolute atomic E-state index is 0. The molecule has 14 heavy (non-hydrogen) atoms. The van der Waals surface area contributed by atoms with Gasteiger partial charge in [-0.05, 0) is 13.8 Å². The lowest BCUT2D eigenvalue weighted by Crippen LogP contribution is -3.00. The second-order valence-electron chi connectivity index (χ2n) is 4.42. The zero-order chi connectivity index (χ0) is 10.7. The number of nitrogens with zero attached hydrogens (tertiary/aromatic N) is 1. The van der Waals surface area contributed by atoms with Crippen LogP contribution in [0.4, 0.5) is 0 Å². The third-order valence-corrected chi connectivity index (χ3v) is 2.71. The summed E-state index contributed by atoms with van der Waals surface area (Å²) >= 11 is 0. The Labute approximate surface area is 93.4 Å². The van der Waals surface area contributed by atoms with Crippen LogP contribution in [0, 0.1) is 0 Å². The van der Waals surface area contributed by atoms with Gasteiger partial charge in [0.1, 0.15) is 5.75 Å². The topological polar surface area (TPSA) is 43.4 Å². The molecule has 0 spiro atoms. The number of hydrogen-bond donors (Lipinski definition) is 0. The lowest BCUT2D eigenvalue weighted by molar-refractivity contribution is -0.867. The largest absolute Gasteiger partial charge is 1.00 e. The van der Waals surface area contributed by atoms with Gasteiger partial charge in [0.05, 0.1) is 33.8 Å². The molecule has 0 atom stereocenters. The summed E-state index contributed by atoms with van der Waals surface area (Å²) in [6.45, 7) is 3.99. The smallest absolute Gasteiger partial charge is 0.273 e. The lowest BCUT2D eigenvalue weighted by atomic mass is 10.5. The van der Waals surface area contributed by atoms with E-state index < -0.39 is 10.1 Å². The van der Waals surface area contributed by atoms with Crippen molar-refractivity contribution < 1.29 is 29.5 Å². The summed E-state index contributed by atoms with van der Waals surface area (Å²) < 4.78 is 27.9. The average Bonchev–Trinajstić information content (AvgIpc) is 1.79. The Bertz CT molecular complexity index is 244. The van der Waals surface area contributed by atoms with Crippen LogP contribution in [0.5, 0.6) is 0 Å². The Hall–Kier alpha value is 0.160. The highest BCUT2D eigenvalue weighted by Gasteiger charge is 2.18. The summed E-state index contributed by atoms with van der Waals surface area (Å²) in [6.07, 6.45) is -0.266. The molecule has 0 radical (unpaired) electrons. The third-order valence-electron chi connectivity index (χ3n) is 1.35. The van der Waals surface area contributed by atoms with Crippen molar-refractivity contribution in [1.29, 1.82) is 0 Å². The average molecular weight is 246 g/mol. The van der Waals surface area contributed by atoms with Crippen LogP contribution < -0.4 is 12.4 Å². The van der Waals surface area contributed by atoms with E-state index in [2.05, 4.69) is 0 Å². The monoisotopic (exact) mass is 245 g/mol. The van der Waals surface area contributed by atoms with Crippen LogP contribution in [0.1, 0.15) is 13.8 Å². The van der Waals surface area contributed by atoms with E-state index in [0.717, 1.165) is 0 Å². The van der Waals surface area contributed by atoms with Crippen LogP contribution in [0.2, 0.25) is 0 Å². The fourth-order valence-corrected chi connectivity index (χ4v) is 2.18. The molecular weight excluding hydrogens is 226 g/mol. The first-order valence-corrected chi connectivity index (χ1v) is 5.91. The van der Waals surface area contributed by atoms with Gasteiger partial charge in [-0.2, -0.15) is 8.42 Å². The van der Waals surface area contributed by atoms with Crippen molar-refractivity contribution in [1.82, 2.24) is 0 Å². The van der Waals surface area contributed by atoms with Crippen molar-refractivity contribution in [3.63, 3.8) is 0 Å². The Balaban J connectivity index is 0. The molecule has 0 amide bonds. The van der Waals surface area contributed by atoms with Gasteiger partial charge in [-0.3, -0.25) is 4.18 Å². The van der Waals surface area contributed by atoms with E-state index in [4.69, 9.17) is 4.18 Å². The first-order valence-electron chi connectivity index (χ1n) is 4.34. The standard InChI is InChI=1S/C8H20NO3S.ClH/c1-8(2)12-13(10,11)7-6-9(3,4)5;/h8H,6-7H2,1-5H3;1H/q+1;/p-1. The summed E-state index contributed by atoms with van der Waals surface area (Å²) in [4.78, 5) is 0. The van der Waals surface area contributed by atoms with Crippen molar-refractivity contribution in [3.8, 4) is 0 Å². The lowest BCUT2D eigenvalue weighted by Gasteiger charge is -2.23. The molecule has 0 aliphatic carbocycles. The molecule has 0 rings (SSSR count). The molecule has 0 unspecified atom stereocenters. The fourth-order valence-electron chi connectivity index (χ4n) is 0.727. The molecule has 0 heterocycles. The fraction of sp³-hybridized carbons (Fsp3) is 1.00. The number of hydrogen-bond acceptors (Lipinski definition) is 3. The summed E-state index contributed by atoms with van der Waals surface area (Å²) in [5.74, 6) is 0.0781. The normalized spacial score (nSPS) is 12.7. The molecule has 88 valence electrons. The SMILES string of the molecule is CC(C)OS(=O)(=O)CC[N+](C)(C)C.[Cl-]. The zero-order valence-electron chi connectivity index (χ0n) is 9.45. The van der Waals surface area contributed by atoms with Gasteiger partial charge in [-0.15, -0.1) is 0 Å². The molecule has 0 aliphatic rings. The zero-order valence-corrected chi connectivity index (χ0v) is 11.0. The molecule has 0 fully saturated rings. The quantitative estimate of drug-likeness (QED) is 0.396. The van der Waals surface area contributed by atoms with Gasteiger partial charge >= 0.3 is 0 Å². The van der Waals surface area contributed by atoms with Crippen LogP contribution in [0.25, 0.3) is 0 Å². The molecular formula is C8H20ClNO3S. The van der Waals surface area contributed by atoms with Crippen LogP contribution in [0.15, 0.2) is 0 Å². The summed E-state index contributed by atoms with van der Waals surface area (Å²) in [5.41, 5.74) is 0. The van der Waals surface area contributed by atoms with Gasteiger partial charge < -0.3 is 16.9 Å². The van der Waals surface area contributed by atoms with Gasteiger partial charge in [-0.1, -0.05) is 0 Å². The van der Waals surface area contributed by atoms with Crippen molar-refractivity contribution in [2.24, 2.45) is 0 Å². The molecule has 0 aliphatic heterocycles. The minimum Gasteiger partial charge on any atom is -1.00 e. The molecule has 0 aromatic heterocycles. The number of halogens is 1. The Morgan fingerprint density at radius 1 is 1.21 bits per heavy atom. The Morgan fingerprint density at radius 2 is 1.64 bits per heavy atom.